The summed E-state index contributed by atoms with van der Waals surface area (Å²) in [5.41, 5.74) is 6.94. The molecular weight excluding hydrogens is 426 g/mol. The van der Waals surface area contributed by atoms with Crippen LogP contribution in [0, 0.1) is 5.92 Å². The van der Waals surface area contributed by atoms with Crippen molar-refractivity contribution in [3.8, 4) is 0 Å². The average Bonchev–Trinajstić information content (AvgIpc) is 3.32. The zero-order chi connectivity index (χ0) is 24.1. The van der Waals surface area contributed by atoms with E-state index >= 15 is 0 Å². The molecule has 184 valence electrons. The number of carbonyl (C=O) groups excluding carboxylic acids is 2. The molecule has 1 aromatic heterocycles. The van der Waals surface area contributed by atoms with Crippen molar-refractivity contribution in [1.82, 2.24) is 20.5 Å². The fourth-order valence-electron chi connectivity index (χ4n) is 5.57. The second kappa shape index (κ2) is 11.2. The van der Waals surface area contributed by atoms with Gasteiger partial charge in [-0.2, -0.15) is 0 Å². The van der Waals surface area contributed by atoms with Crippen molar-refractivity contribution in [3.05, 3.63) is 36.0 Å². The van der Waals surface area contributed by atoms with Gasteiger partial charge in [0.25, 0.3) is 0 Å². The highest BCUT2D eigenvalue weighted by Crippen LogP contribution is 2.29. The van der Waals surface area contributed by atoms with Crippen molar-refractivity contribution < 1.29 is 9.59 Å². The van der Waals surface area contributed by atoms with Gasteiger partial charge in [-0.3, -0.25) is 9.59 Å². The number of likely N-dealkylation sites (tertiary alicyclic amines) is 1. The van der Waals surface area contributed by atoms with E-state index in [4.69, 9.17) is 5.73 Å². The van der Waals surface area contributed by atoms with Gasteiger partial charge in [-0.05, 0) is 48.3 Å². The van der Waals surface area contributed by atoms with Gasteiger partial charge in [0.05, 0.1) is 6.04 Å². The maximum atomic E-state index is 13.6. The molecule has 0 bridgehead atoms. The van der Waals surface area contributed by atoms with Crippen molar-refractivity contribution in [2.45, 2.75) is 89.9 Å². The summed E-state index contributed by atoms with van der Waals surface area (Å²) in [4.78, 5) is 32.7. The van der Waals surface area contributed by atoms with E-state index in [2.05, 4.69) is 29.5 Å². The van der Waals surface area contributed by atoms with E-state index in [1.165, 1.54) is 32.1 Å². The van der Waals surface area contributed by atoms with Crippen molar-refractivity contribution in [2.75, 3.05) is 12.3 Å². The molecule has 1 aromatic carbocycles. The van der Waals surface area contributed by atoms with Crippen LogP contribution in [0.2, 0.25) is 0 Å². The first-order valence-corrected chi connectivity index (χ1v) is 12.9. The van der Waals surface area contributed by atoms with Gasteiger partial charge >= 0.3 is 0 Å². The summed E-state index contributed by atoms with van der Waals surface area (Å²) < 4.78 is 0. The SMILES string of the molecule is CC(C)N[C@H](CC1CCCCC1)C(=O)N1CCC[C@H]1C(=O)NCc1ccc2c(N)nccc2c1. The van der Waals surface area contributed by atoms with Crippen molar-refractivity contribution in [3.63, 3.8) is 0 Å². The molecule has 2 fully saturated rings. The number of benzene rings is 1. The Morgan fingerprint density at radius 2 is 1.91 bits per heavy atom. The number of nitrogen functional groups attached to an aromatic ring is 1. The number of hydrogen-bond donors (Lipinski definition) is 3. The van der Waals surface area contributed by atoms with Gasteiger partial charge in [-0.15, -0.1) is 0 Å². The number of fused-ring (bicyclic) bond motifs is 1. The molecule has 0 unspecified atom stereocenters. The molecule has 1 saturated carbocycles. The smallest absolute Gasteiger partial charge is 0.243 e. The Balaban J connectivity index is 1.39. The molecule has 4 N–H and O–H groups in total. The number of aromatic nitrogens is 1. The van der Waals surface area contributed by atoms with Gasteiger partial charge in [-0.1, -0.05) is 58.1 Å². The van der Waals surface area contributed by atoms with Crippen LogP contribution >= 0.6 is 0 Å². The summed E-state index contributed by atoms with van der Waals surface area (Å²) in [6.45, 7) is 5.25. The Bertz CT molecular complexity index is 1000. The molecular formula is C27H39N5O2. The Labute approximate surface area is 202 Å². The molecule has 1 saturated heterocycles. The largest absolute Gasteiger partial charge is 0.383 e. The van der Waals surface area contributed by atoms with Crippen LogP contribution in [0.1, 0.15) is 70.8 Å². The topological polar surface area (TPSA) is 100 Å². The second-order valence-corrected chi connectivity index (χ2v) is 10.3. The molecule has 7 nitrogen and oxygen atoms in total. The fraction of sp³-hybridized carbons (Fsp3) is 0.593. The van der Waals surface area contributed by atoms with Crippen LogP contribution in [0.5, 0.6) is 0 Å². The zero-order valence-electron chi connectivity index (χ0n) is 20.6. The lowest BCUT2D eigenvalue weighted by Gasteiger charge is -2.32. The van der Waals surface area contributed by atoms with Gasteiger partial charge in [0.1, 0.15) is 11.9 Å². The third-order valence-electron chi connectivity index (χ3n) is 7.29. The van der Waals surface area contributed by atoms with Crippen LogP contribution in [0.4, 0.5) is 5.82 Å². The lowest BCUT2D eigenvalue weighted by atomic mass is 9.84. The lowest BCUT2D eigenvalue weighted by molar-refractivity contribution is -0.140. The maximum absolute atomic E-state index is 13.6. The summed E-state index contributed by atoms with van der Waals surface area (Å²) in [6.07, 6.45) is 10.4. The normalized spacial score (nSPS) is 20.1. The van der Waals surface area contributed by atoms with Crippen LogP contribution in [0.15, 0.2) is 30.5 Å². The van der Waals surface area contributed by atoms with Gasteiger partial charge in [0.2, 0.25) is 11.8 Å². The van der Waals surface area contributed by atoms with Gasteiger partial charge in [-0.25, -0.2) is 4.98 Å². The number of rotatable bonds is 8. The summed E-state index contributed by atoms with van der Waals surface area (Å²) in [7, 11) is 0. The van der Waals surface area contributed by atoms with E-state index in [0.29, 0.717) is 24.8 Å². The number of nitrogens with one attached hydrogen (secondary N) is 2. The number of carbonyl (C=O) groups is 2. The van der Waals surface area contributed by atoms with Crippen LogP contribution in [0.3, 0.4) is 0 Å². The average molecular weight is 466 g/mol. The lowest BCUT2D eigenvalue weighted by Crippen LogP contribution is -2.54. The molecule has 7 heteroatoms. The minimum absolute atomic E-state index is 0.0684. The number of hydrogen-bond acceptors (Lipinski definition) is 5. The Morgan fingerprint density at radius 3 is 2.68 bits per heavy atom. The van der Waals surface area contributed by atoms with E-state index in [0.717, 1.165) is 35.6 Å². The molecule has 2 atom stereocenters. The number of amides is 2. The van der Waals surface area contributed by atoms with E-state index in [9.17, 15) is 9.59 Å². The van der Waals surface area contributed by atoms with Crippen LogP contribution in [-0.4, -0.2) is 46.4 Å². The summed E-state index contributed by atoms with van der Waals surface area (Å²) in [5.74, 6) is 1.12. The molecule has 1 aliphatic carbocycles. The van der Waals surface area contributed by atoms with E-state index in [1.807, 2.05) is 29.2 Å². The molecule has 4 rings (SSSR count). The van der Waals surface area contributed by atoms with Gasteiger partial charge < -0.3 is 21.3 Å². The molecule has 0 spiro atoms. The first-order chi connectivity index (χ1) is 16.4. The first-order valence-electron chi connectivity index (χ1n) is 12.9. The molecule has 2 aromatic rings. The van der Waals surface area contributed by atoms with Crippen LogP contribution in [-0.2, 0) is 16.1 Å². The third kappa shape index (κ3) is 5.87. The zero-order valence-corrected chi connectivity index (χ0v) is 20.6. The number of pyridine rings is 1. The molecule has 2 aliphatic rings. The molecule has 2 heterocycles. The highest BCUT2D eigenvalue weighted by molar-refractivity contribution is 5.92. The summed E-state index contributed by atoms with van der Waals surface area (Å²) in [5, 5.41) is 8.48. The fourth-order valence-corrected chi connectivity index (χ4v) is 5.57. The van der Waals surface area contributed by atoms with Gasteiger partial charge in [0.15, 0.2) is 0 Å². The summed E-state index contributed by atoms with van der Waals surface area (Å²) >= 11 is 0. The minimum atomic E-state index is -0.393. The van der Waals surface area contributed by atoms with Crippen molar-refractivity contribution in [1.29, 1.82) is 0 Å². The van der Waals surface area contributed by atoms with Crippen molar-refractivity contribution >= 4 is 28.4 Å². The number of nitrogens with zero attached hydrogens (tertiary/aromatic N) is 2. The highest BCUT2D eigenvalue weighted by atomic mass is 16.2. The molecule has 34 heavy (non-hydrogen) atoms. The molecule has 2 amide bonds. The quantitative estimate of drug-likeness (QED) is 0.551. The first kappa shape index (κ1) is 24.5. The van der Waals surface area contributed by atoms with Crippen molar-refractivity contribution in [2.24, 2.45) is 5.92 Å². The second-order valence-electron chi connectivity index (χ2n) is 10.3. The Hall–Kier alpha value is -2.67. The number of nitrogens with two attached hydrogens (primary N) is 1. The van der Waals surface area contributed by atoms with Gasteiger partial charge in [0, 0.05) is 30.7 Å². The Morgan fingerprint density at radius 1 is 1.12 bits per heavy atom. The minimum Gasteiger partial charge on any atom is -0.383 e. The predicted molar refractivity (Wildman–Crippen MR) is 136 cm³/mol. The molecule has 1 aliphatic heterocycles. The Kier molecular flexibility index (Phi) is 8.03. The van der Waals surface area contributed by atoms with Crippen LogP contribution in [0.25, 0.3) is 10.8 Å². The van der Waals surface area contributed by atoms with E-state index < -0.39 is 6.04 Å². The molecule has 0 radical (unpaired) electrons. The monoisotopic (exact) mass is 465 g/mol. The third-order valence-corrected chi connectivity index (χ3v) is 7.29. The maximum Gasteiger partial charge on any atom is 0.243 e. The highest BCUT2D eigenvalue weighted by Gasteiger charge is 2.38. The summed E-state index contributed by atoms with van der Waals surface area (Å²) in [6, 6.07) is 7.47. The number of anilines is 1. The van der Waals surface area contributed by atoms with E-state index in [-0.39, 0.29) is 23.9 Å². The van der Waals surface area contributed by atoms with Crippen LogP contribution < -0.4 is 16.4 Å². The predicted octanol–water partition coefficient (Wildman–Crippen LogP) is 3.76. The van der Waals surface area contributed by atoms with E-state index in [1.54, 1.807) is 6.20 Å². The standard InChI is InChI=1S/C27H39N5O2/c1-18(2)31-23(16-19-7-4-3-5-8-19)27(34)32-14-6-9-24(32)26(33)30-17-20-10-11-22-21(15-20)12-13-29-25(22)28/h10-13,15,18-19,23-24,31H,3-9,14,16-17H2,1-2H3,(H2,28,29)(H,30,33)/t23-,24+/m1/s1.